The smallest absolute Gasteiger partial charge is 0.162 e. The van der Waals surface area contributed by atoms with Crippen molar-refractivity contribution in [1.29, 1.82) is 0 Å². The number of aromatic amines is 1. The number of rotatable bonds is 6. The quantitative estimate of drug-likeness (QED) is 0.602. The van der Waals surface area contributed by atoms with Gasteiger partial charge in [-0.2, -0.15) is 0 Å². The lowest BCUT2D eigenvalue weighted by molar-refractivity contribution is 0.181. The standard InChI is InChI=1S/C22H26ClN7O/c1-14(28-22-19-21(25-12-24-19)26-13-27-22)29-9-4-6-16-17(23)7-8-18(20(16)29)30-10-3-5-15(30)11-31-2/h4,6-8,12-15H,3,5,9-11H2,1-2H3,(H2,24,25,26,27,28)/t14?,15-/m1/s1. The van der Waals surface area contributed by atoms with Crippen LogP contribution in [0.5, 0.6) is 0 Å². The maximum absolute atomic E-state index is 6.64. The number of hydrogen-bond donors (Lipinski definition) is 2. The maximum atomic E-state index is 6.64. The zero-order valence-electron chi connectivity index (χ0n) is 17.7. The summed E-state index contributed by atoms with van der Waals surface area (Å²) in [5.74, 6) is 0.705. The van der Waals surface area contributed by atoms with E-state index in [1.807, 2.05) is 6.07 Å². The second kappa shape index (κ2) is 8.36. The number of methoxy groups -OCH3 is 1. The van der Waals surface area contributed by atoms with Gasteiger partial charge in [-0.25, -0.2) is 15.0 Å². The molecule has 0 radical (unpaired) electrons. The van der Waals surface area contributed by atoms with Crippen molar-refractivity contribution < 1.29 is 4.74 Å². The molecule has 0 spiro atoms. The van der Waals surface area contributed by atoms with Gasteiger partial charge in [-0.05, 0) is 31.9 Å². The van der Waals surface area contributed by atoms with E-state index in [9.17, 15) is 0 Å². The molecule has 4 heterocycles. The molecule has 2 aromatic heterocycles. The number of imidazole rings is 1. The van der Waals surface area contributed by atoms with Crippen LogP contribution in [0.2, 0.25) is 5.02 Å². The van der Waals surface area contributed by atoms with Crippen molar-refractivity contribution >= 4 is 46.0 Å². The summed E-state index contributed by atoms with van der Waals surface area (Å²) in [6, 6.07) is 4.52. The number of aromatic nitrogens is 4. The maximum Gasteiger partial charge on any atom is 0.162 e. The fourth-order valence-corrected chi connectivity index (χ4v) is 4.87. The highest BCUT2D eigenvalue weighted by atomic mass is 35.5. The van der Waals surface area contributed by atoms with E-state index in [-0.39, 0.29) is 6.17 Å². The summed E-state index contributed by atoms with van der Waals surface area (Å²) in [7, 11) is 1.77. The molecule has 2 atom stereocenters. The van der Waals surface area contributed by atoms with Gasteiger partial charge in [0.2, 0.25) is 0 Å². The molecule has 2 aliphatic rings. The topological polar surface area (TPSA) is 82.2 Å². The van der Waals surface area contributed by atoms with E-state index in [0.29, 0.717) is 17.5 Å². The number of halogens is 1. The summed E-state index contributed by atoms with van der Waals surface area (Å²) in [5, 5.41) is 4.28. The summed E-state index contributed by atoms with van der Waals surface area (Å²) in [4.78, 5) is 20.9. The molecule has 3 aromatic rings. The minimum atomic E-state index is -0.0424. The number of benzene rings is 1. The average Bonchev–Trinajstić information content (AvgIpc) is 3.44. The Bertz CT molecular complexity index is 1110. The monoisotopic (exact) mass is 439 g/mol. The number of H-pyrrole nitrogens is 1. The number of nitrogens with zero attached hydrogens (tertiary/aromatic N) is 5. The Balaban J connectivity index is 1.52. The highest BCUT2D eigenvalue weighted by Gasteiger charge is 2.31. The summed E-state index contributed by atoms with van der Waals surface area (Å²) >= 11 is 6.64. The normalized spacial score (nSPS) is 19.1. The van der Waals surface area contributed by atoms with Gasteiger partial charge in [-0.15, -0.1) is 0 Å². The SMILES string of the molecule is COC[C@H]1CCCN1c1ccc(Cl)c2c1N(C(C)Nc1ncnc3[nH]cnc13)CC=C2. The van der Waals surface area contributed by atoms with Crippen LogP contribution < -0.4 is 15.1 Å². The number of anilines is 3. The molecule has 1 unspecified atom stereocenters. The van der Waals surface area contributed by atoms with E-state index in [1.165, 1.54) is 5.69 Å². The minimum Gasteiger partial charge on any atom is -0.383 e. The van der Waals surface area contributed by atoms with Crippen molar-refractivity contribution in [2.24, 2.45) is 0 Å². The van der Waals surface area contributed by atoms with Gasteiger partial charge < -0.3 is 24.8 Å². The fraction of sp³-hybridized carbons (Fsp3) is 0.409. The van der Waals surface area contributed by atoms with Gasteiger partial charge in [0.25, 0.3) is 0 Å². The van der Waals surface area contributed by atoms with Gasteiger partial charge in [0.1, 0.15) is 11.8 Å². The first-order chi connectivity index (χ1) is 15.2. The fourth-order valence-electron chi connectivity index (χ4n) is 4.66. The summed E-state index contributed by atoms with van der Waals surface area (Å²) < 4.78 is 5.50. The van der Waals surface area contributed by atoms with Crippen LogP contribution in [0.3, 0.4) is 0 Å². The van der Waals surface area contributed by atoms with E-state index >= 15 is 0 Å². The third-order valence-corrected chi connectivity index (χ3v) is 6.42. The second-order valence-corrected chi connectivity index (χ2v) is 8.38. The van der Waals surface area contributed by atoms with Gasteiger partial charge in [0.05, 0.1) is 41.5 Å². The Labute approximate surface area is 186 Å². The molecule has 2 N–H and O–H groups in total. The van der Waals surface area contributed by atoms with Gasteiger partial charge in [-0.3, -0.25) is 0 Å². The number of fused-ring (bicyclic) bond motifs is 2. The zero-order chi connectivity index (χ0) is 21.4. The second-order valence-electron chi connectivity index (χ2n) is 7.97. The Morgan fingerprint density at radius 2 is 2.23 bits per heavy atom. The van der Waals surface area contributed by atoms with Gasteiger partial charge >= 0.3 is 0 Å². The van der Waals surface area contributed by atoms with E-state index in [1.54, 1.807) is 19.8 Å². The van der Waals surface area contributed by atoms with Gasteiger partial charge in [0, 0.05) is 25.8 Å². The Morgan fingerprint density at radius 3 is 3.10 bits per heavy atom. The van der Waals surface area contributed by atoms with Crippen molar-refractivity contribution in [2.45, 2.75) is 32.0 Å². The molecule has 31 heavy (non-hydrogen) atoms. The molecule has 8 nitrogen and oxygen atoms in total. The highest BCUT2D eigenvalue weighted by Crippen LogP contribution is 2.43. The van der Waals surface area contributed by atoms with E-state index in [0.717, 1.165) is 54.3 Å². The lowest BCUT2D eigenvalue weighted by Crippen LogP contribution is -2.42. The molecule has 1 saturated heterocycles. The van der Waals surface area contributed by atoms with Crippen LogP contribution in [0.1, 0.15) is 25.3 Å². The van der Waals surface area contributed by atoms with Crippen LogP contribution in [0.4, 0.5) is 17.2 Å². The third-order valence-electron chi connectivity index (χ3n) is 6.09. The average molecular weight is 440 g/mol. The van der Waals surface area contributed by atoms with Crippen molar-refractivity contribution in [2.75, 3.05) is 41.9 Å². The van der Waals surface area contributed by atoms with E-state index < -0.39 is 0 Å². The lowest BCUT2D eigenvalue weighted by atomic mass is 10.0. The van der Waals surface area contributed by atoms with Crippen LogP contribution in [0.25, 0.3) is 17.2 Å². The van der Waals surface area contributed by atoms with Crippen LogP contribution in [0, 0.1) is 0 Å². The van der Waals surface area contributed by atoms with Crippen molar-refractivity contribution in [3.8, 4) is 0 Å². The molecule has 5 rings (SSSR count). The van der Waals surface area contributed by atoms with Crippen LogP contribution in [-0.4, -0.2) is 58.9 Å². The van der Waals surface area contributed by atoms with Crippen molar-refractivity contribution in [3.05, 3.63) is 41.4 Å². The Hall–Kier alpha value is -2.84. The van der Waals surface area contributed by atoms with E-state index in [2.05, 4.69) is 60.2 Å². The Kier molecular flexibility index (Phi) is 5.41. The van der Waals surface area contributed by atoms with Crippen LogP contribution in [0.15, 0.2) is 30.9 Å². The molecular weight excluding hydrogens is 414 g/mol. The van der Waals surface area contributed by atoms with Crippen LogP contribution in [-0.2, 0) is 4.74 Å². The molecule has 0 aliphatic carbocycles. The molecule has 162 valence electrons. The summed E-state index contributed by atoms with van der Waals surface area (Å²) in [5.41, 5.74) is 4.84. The predicted molar refractivity (Wildman–Crippen MR) is 125 cm³/mol. The van der Waals surface area contributed by atoms with Gasteiger partial charge in [-0.1, -0.05) is 23.8 Å². The molecule has 9 heteroatoms. The number of nitrogens with one attached hydrogen (secondary N) is 2. The molecule has 0 saturated carbocycles. The molecule has 0 bridgehead atoms. The third kappa shape index (κ3) is 3.59. The van der Waals surface area contributed by atoms with E-state index in [4.69, 9.17) is 16.3 Å². The molecule has 1 fully saturated rings. The largest absolute Gasteiger partial charge is 0.383 e. The van der Waals surface area contributed by atoms with Crippen molar-refractivity contribution in [3.63, 3.8) is 0 Å². The highest BCUT2D eigenvalue weighted by molar-refractivity contribution is 6.33. The summed E-state index contributed by atoms with van der Waals surface area (Å²) in [6.45, 7) is 4.64. The predicted octanol–water partition coefficient (Wildman–Crippen LogP) is 3.91. The molecule has 0 amide bonds. The summed E-state index contributed by atoms with van der Waals surface area (Å²) in [6.07, 6.45) is 9.70. The molecule has 1 aromatic carbocycles. The van der Waals surface area contributed by atoms with Crippen LogP contribution >= 0.6 is 11.6 Å². The number of hydrogen-bond acceptors (Lipinski definition) is 7. The van der Waals surface area contributed by atoms with Crippen molar-refractivity contribution in [1.82, 2.24) is 19.9 Å². The number of ether oxygens (including phenoxy) is 1. The first-order valence-corrected chi connectivity index (χ1v) is 11.0. The molecular formula is C22H26ClN7O. The minimum absolute atomic E-state index is 0.0424. The Morgan fingerprint density at radius 1 is 1.32 bits per heavy atom. The zero-order valence-corrected chi connectivity index (χ0v) is 18.4. The first kappa shape index (κ1) is 20.1. The first-order valence-electron chi connectivity index (χ1n) is 10.6. The molecule has 2 aliphatic heterocycles. The lowest BCUT2D eigenvalue weighted by Gasteiger charge is -2.39. The van der Waals surface area contributed by atoms with Gasteiger partial charge in [0.15, 0.2) is 11.5 Å².